The van der Waals surface area contributed by atoms with Gasteiger partial charge < -0.3 is 10.2 Å². The Morgan fingerprint density at radius 3 is 2.47 bits per heavy atom. The zero-order valence-corrected chi connectivity index (χ0v) is 10.3. The summed E-state index contributed by atoms with van der Waals surface area (Å²) in [5.41, 5.74) is -3.40. The third-order valence-corrected chi connectivity index (χ3v) is 3.32. The van der Waals surface area contributed by atoms with Crippen LogP contribution in [0.2, 0.25) is 0 Å². The molecule has 0 saturated carbocycles. The molecule has 0 aliphatic heterocycles. The van der Waals surface area contributed by atoms with Gasteiger partial charge in [0.1, 0.15) is 11.7 Å². The number of hydrogen-bond acceptors (Lipinski definition) is 4. The molecule has 4 nitrogen and oxygen atoms in total. The van der Waals surface area contributed by atoms with Crippen molar-refractivity contribution in [3.63, 3.8) is 0 Å². The van der Waals surface area contributed by atoms with Crippen LogP contribution in [0.3, 0.4) is 0 Å². The lowest BCUT2D eigenvalue weighted by Crippen LogP contribution is -2.61. The number of halogens is 3. The molecule has 7 heteroatoms. The van der Waals surface area contributed by atoms with Crippen molar-refractivity contribution < 1.29 is 33.0 Å². The Kier molecular flexibility index (Phi) is 4.52. The van der Waals surface area contributed by atoms with Crippen LogP contribution in [0.15, 0.2) is 12.2 Å². The van der Waals surface area contributed by atoms with Crippen LogP contribution in [-0.4, -0.2) is 40.2 Å². The first kappa shape index (κ1) is 15.8. The smallest absolute Gasteiger partial charge is 0.396 e. The molecule has 1 rings (SSSR count). The Morgan fingerprint density at radius 2 is 2.05 bits per heavy atom. The average Bonchev–Trinajstić information content (AvgIpc) is 2.26. The summed E-state index contributed by atoms with van der Waals surface area (Å²) in [4.78, 5) is 22.8. The molecule has 0 fully saturated rings. The lowest BCUT2D eigenvalue weighted by atomic mass is 9.67. The first-order valence-electron chi connectivity index (χ1n) is 5.78. The van der Waals surface area contributed by atoms with E-state index in [1.54, 1.807) is 0 Å². The monoisotopic (exact) mass is 280 g/mol. The van der Waals surface area contributed by atoms with Crippen molar-refractivity contribution in [3.05, 3.63) is 12.2 Å². The highest BCUT2D eigenvalue weighted by Gasteiger charge is 2.66. The molecule has 1 aliphatic rings. The highest BCUT2D eigenvalue weighted by molar-refractivity contribution is 6.08. The molecule has 0 amide bonds. The fraction of sp³-hybridized carbons (Fsp3) is 0.667. The van der Waals surface area contributed by atoms with Crippen LogP contribution in [0.1, 0.15) is 19.8 Å². The maximum atomic E-state index is 13.1. The van der Waals surface area contributed by atoms with E-state index in [4.69, 9.17) is 5.11 Å². The van der Waals surface area contributed by atoms with Crippen molar-refractivity contribution >= 4 is 11.6 Å². The summed E-state index contributed by atoms with van der Waals surface area (Å²) in [5.74, 6) is -5.64. The lowest BCUT2D eigenvalue weighted by molar-refractivity contribution is -0.288. The summed E-state index contributed by atoms with van der Waals surface area (Å²) in [7, 11) is 0. The molecule has 2 N–H and O–H groups in total. The van der Waals surface area contributed by atoms with E-state index in [1.807, 2.05) is 0 Å². The Balaban J connectivity index is 3.28. The average molecular weight is 280 g/mol. The van der Waals surface area contributed by atoms with Crippen LogP contribution < -0.4 is 0 Å². The number of alkyl halides is 3. The van der Waals surface area contributed by atoms with E-state index < -0.39 is 35.2 Å². The fourth-order valence-electron chi connectivity index (χ4n) is 2.40. The van der Waals surface area contributed by atoms with Crippen molar-refractivity contribution in [3.8, 4) is 0 Å². The molecule has 0 spiro atoms. The summed E-state index contributed by atoms with van der Waals surface area (Å²) >= 11 is 0. The van der Waals surface area contributed by atoms with Gasteiger partial charge in [-0.25, -0.2) is 0 Å². The van der Waals surface area contributed by atoms with E-state index in [9.17, 15) is 27.9 Å². The highest BCUT2D eigenvalue weighted by Crippen LogP contribution is 2.47. The number of carbonyl (C=O) groups excluding carboxylic acids is 2. The number of rotatable bonds is 4. The molecule has 0 heterocycles. The first-order valence-corrected chi connectivity index (χ1v) is 5.78. The van der Waals surface area contributed by atoms with Crippen molar-refractivity contribution in [1.29, 1.82) is 0 Å². The predicted molar refractivity (Wildman–Crippen MR) is 59.1 cm³/mol. The number of hydrogen-bond donors (Lipinski definition) is 2. The number of aliphatic hydroxyl groups excluding tert-OH is 1. The highest BCUT2D eigenvalue weighted by atomic mass is 19.4. The molecule has 108 valence electrons. The molecule has 0 saturated heterocycles. The number of allylic oxidation sites excluding steroid dienone is 1. The van der Waals surface area contributed by atoms with Gasteiger partial charge in [0.2, 0.25) is 0 Å². The molecule has 0 radical (unpaired) electrons. The lowest BCUT2D eigenvalue weighted by Gasteiger charge is -2.42. The molecule has 1 aliphatic carbocycles. The zero-order chi connectivity index (χ0) is 14.8. The molecule has 0 aromatic rings. The maximum absolute atomic E-state index is 13.1. The summed E-state index contributed by atoms with van der Waals surface area (Å²) in [6, 6.07) is 0. The van der Waals surface area contributed by atoms with Crippen molar-refractivity contribution in [2.75, 3.05) is 6.61 Å². The van der Waals surface area contributed by atoms with E-state index in [0.29, 0.717) is 0 Å². The Morgan fingerprint density at radius 1 is 1.47 bits per heavy atom. The van der Waals surface area contributed by atoms with Gasteiger partial charge in [0.15, 0.2) is 11.4 Å². The van der Waals surface area contributed by atoms with E-state index in [1.165, 1.54) is 0 Å². The van der Waals surface area contributed by atoms with Crippen LogP contribution >= 0.6 is 0 Å². The van der Waals surface area contributed by atoms with Gasteiger partial charge >= 0.3 is 6.18 Å². The normalized spacial score (nSPS) is 31.6. The number of Topliss-reactive ketones (excluding diaryl/α,β-unsaturated/α-hetero) is 1. The van der Waals surface area contributed by atoms with Gasteiger partial charge in [0, 0.05) is 12.5 Å². The van der Waals surface area contributed by atoms with E-state index in [2.05, 4.69) is 0 Å². The van der Waals surface area contributed by atoms with E-state index in [-0.39, 0.29) is 19.4 Å². The van der Waals surface area contributed by atoms with Gasteiger partial charge in [0.25, 0.3) is 0 Å². The Labute approximate surface area is 107 Å². The summed E-state index contributed by atoms with van der Waals surface area (Å²) in [6.45, 7) is 0.512. The second-order valence-electron chi connectivity index (χ2n) is 4.60. The Hall–Kier alpha value is -1.21. The van der Waals surface area contributed by atoms with Crippen LogP contribution in [0.25, 0.3) is 0 Å². The minimum Gasteiger partial charge on any atom is -0.396 e. The van der Waals surface area contributed by atoms with Gasteiger partial charge in [-0.3, -0.25) is 9.59 Å². The molecular weight excluding hydrogens is 265 g/mol. The van der Waals surface area contributed by atoms with Crippen molar-refractivity contribution in [1.82, 2.24) is 0 Å². The largest absolute Gasteiger partial charge is 0.418 e. The minimum absolute atomic E-state index is 0.0339. The summed E-state index contributed by atoms with van der Waals surface area (Å²) in [6.07, 6.45) is -3.38. The molecule has 0 aromatic carbocycles. The fourth-order valence-corrected chi connectivity index (χ4v) is 2.40. The number of ketones is 2. The van der Waals surface area contributed by atoms with Gasteiger partial charge in [0.05, 0.1) is 0 Å². The molecule has 3 unspecified atom stereocenters. The minimum atomic E-state index is -5.11. The second-order valence-corrected chi connectivity index (χ2v) is 4.60. The SMILES string of the molecule is CC(=O)C1C(=O)C=CC(CCCO)C1(O)C(F)(F)F. The second kappa shape index (κ2) is 5.42. The molecule has 3 atom stereocenters. The standard InChI is InChI=1S/C12H15F3O4/c1-7(17)10-9(18)5-4-8(3-2-6-16)11(10,19)12(13,14)15/h4-5,8,10,16,19H,2-3,6H2,1H3. The Bertz CT molecular complexity index is 402. The molecule has 19 heavy (non-hydrogen) atoms. The molecule has 0 bridgehead atoms. The first-order chi connectivity index (χ1) is 8.66. The van der Waals surface area contributed by atoms with Gasteiger partial charge in [-0.15, -0.1) is 0 Å². The third-order valence-electron chi connectivity index (χ3n) is 3.32. The van der Waals surface area contributed by atoms with Crippen LogP contribution in [0.4, 0.5) is 13.2 Å². The topological polar surface area (TPSA) is 74.6 Å². The predicted octanol–water partition coefficient (Wildman–Crippen LogP) is 1.01. The van der Waals surface area contributed by atoms with Crippen molar-refractivity contribution in [2.24, 2.45) is 11.8 Å². The van der Waals surface area contributed by atoms with Crippen molar-refractivity contribution in [2.45, 2.75) is 31.5 Å². The van der Waals surface area contributed by atoms with E-state index in [0.717, 1.165) is 19.1 Å². The molecule has 0 aromatic heterocycles. The van der Waals surface area contributed by atoms with Gasteiger partial charge in [-0.1, -0.05) is 6.08 Å². The number of aliphatic hydroxyl groups is 2. The maximum Gasteiger partial charge on any atom is 0.418 e. The van der Waals surface area contributed by atoms with Crippen LogP contribution in [0.5, 0.6) is 0 Å². The van der Waals surface area contributed by atoms with Crippen LogP contribution in [0, 0.1) is 11.8 Å². The number of carbonyl (C=O) groups is 2. The van der Waals surface area contributed by atoms with E-state index >= 15 is 0 Å². The third kappa shape index (κ3) is 2.71. The summed E-state index contributed by atoms with van der Waals surface area (Å²) in [5, 5.41) is 18.7. The summed E-state index contributed by atoms with van der Waals surface area (Å²) < 4.78 is 39.4. The van der Waals surface area contributed by atoms with Crippen LogP contribution in [-0.2, 0) is 9.59 Å². The zero-order valence-electron chi connectivity index (χ0n) is 10.3. The quantitative estimate of drug-likeness (QED) is 0.754. The molecular formula is C12H15F3O4. The van der Waals surface area contributed by atoms with Gasteiger partial charge in [-0.05, 0) is 25.8 Å². The van der Waals surface area contributed by atoms with Gasteiger partial charge in [-0.2, -0.15) is 13.2 Å².